The Morgan fingerprint density at radius 2 is 1.87 bits per heavy atom. The van der Waals surface area contributed by atoms with Crippen molar-refractivity contribution in [3.63, 3.8) is 0 Å². The number of nitrogens with zero attached hydrogens (tertiary/aromatic N) is 3. The van der Waals surface area contributed by atoms with E-state index in [1.165, 1.54) is 4.90 Å². The lowest BCUT2D eigenvalue weighted by molar-refractivity contribution is -0.152. The number of pyridine rings is 1. The van der Waals surface area contributed by atoms with Crippen molar-refractivity contribution in [2.75, 3.05) is 0 Å². The molecule has 2 aromatic carbocycles. The number of fused-ring (bicyclic) bond motifs is 2. The Hall–Kier alpha value is -3.78. The number of carbonyl (C=O) groups excluding carboxylic acids is 3. The minimum Gasteiger partial charge on any atom is -0.487 e. The highest BCUT2D eigenvalue weighted by Gasteiger charge is 2.42. The van der Waals surface area contributed by atoms with Crippen LogP contribution in [-0.4, -0.2) is 38.7 Å². The number of carbonyl (C=O) groups is 3. The summed E-state index contributed by atoms with van der Waals surface area (Å²) >= 11 is 0. The number of amides is 3. The summed E-state index contributed by atoms with van der Waals surface area (Å²) in [6.45, 7) is 0.483. The fourth-order valence-electron chi connectivity index (χ4n) is 4.13. The fraction of sp³-hybridized carbons (Fsp3) is 0.217. The minimum absolute atomic E-state index is 0.129. The molecule has 1 saturated heterocycles. The van der Waals surface area contributed by atoms with Gasteiger partial charge in [-0.15, -0.1) is 0 Å². The molecule has 3 heterocycles. The third-order valence-corrected chi connectivity index (χ3v) is 5.78. The van der Waals surface area contributed by atoms with Crippen LogP contribution in [-0.2, 0) is 22.7 Å². The molecule has 1 atom stereocenters. The van der Waals surface area contributed by atoms with E-state index in [9.17, 15) is 14.4 Å². The van der Waals surface area contributed by atoms with E-state index < -0.39 is 17.9 Å². The van der Waals surface area contributed by atoms with Crippen molar-refractivity contribution >= 4 is 28.6 Å². The topological polar surface area (TPSA) is 106 Å². The molecule has 0 aliphatic carbocycles. The number of para-hydroxylation sites is 1. The van der Waals surface area contributed by atoms with Crippen molar-refractivity contribution in [1.29, 1.82) is 0 Å². The molecule has 0 saturated carbocycles. The van der Waals surface area contributed by atoms with Crippen LogP contribution < -0.4 is 10.6 Å². The molecule has 2 aliphatic rings. The molecular weight excluding hydrogens is 396 g/mol. The number of aromatic nitrogens is 1. The van der Waals surface area contributed by atoms with Crippen LogP contribution in [0.25, 0.3) is 10.9 Å². The number of benzene rings is 2. The average Bonchev–Trinajstić information content (AvgIpc) is 3.13. The third kappa shape index (κ3) is 3.30. The molecule has 0 spiro atoms. The Kier molecular flexibility index (Phi) is 4.63. The van der Waals surface area contributed by atoms with Gasteiger partial charge in [-0.05, 0) is 30.7 Å². The van der Waals surface area contributed by atoms with Crippen molar-refractivity contribution in [2.24, 2.45) is 5.84 Å². The molecule has 156 valence electrons. The van der Waals surface area contributed by atoms with Gasteiger partial charge in [0.25, 0.3) is 11.8 Å². The van der Waals surface area contributed by atoms with Crippen LogP contribution in [0.4, 0.5) is 0 Å². The van der Waals surface area contributed by atoms with E-state index >= 15 is 0 Å². The molecule has 1 fully saturated rings. The number of hydrazine groups is 1. The molecule has 1 unspecified atom stereocenters. The van der Waals surface area contributed by atoms with E-state index in [4.69, 9.17) is 10.6 Å². The van der Waals surface area contributed by atoms with Gasteiger partial charge >= 0.3 is 0 Å². The summed E-state index contributed by atoms with van der Waals surface area (Å²) in [5.74, 6) is 4.91. The van der Waals surface area contributed by atoms with E-state index in [0.717, 1.165) is 22.2 Å². The molecule has 3 amide bonds. The second-order valence-corrected chi connectivity index (χ2v) is 7.66. The molecule has 31 heavy (non-hydrogen) atoms. The largest absolute Gasteiger partial charge is 0.487 e. The van der Waals surface area contributed by atoms with Crippen LogP contribution in [0.3, 0.4) is 0 Å². The first-order valence-corrected chi connectivity index (χ1v) is 10.0. The highest BCUT2D eigenvalue weighted by atomic mass is 16.5. The van der Waals surface area contributed by atoms with Gasteiger partial charge in [-0.3, -0.25) is 14.4 Å². The molecule has 5 rings (SSSR count). The van der Waals surface area contributed by atoms with Crippen LogP contribution >= 0.6 is 0 Å². The van der Waals surface area contributed by atoms with Gasteiger partial charge in [0.15, 0.2) is 0 Å². The summed E-state index contributed by atoms with van der Waals surface area (Å²) in [7, 11) is 0. The first-order chi connectivity index (χ1) is 15.0. The van der Waals surface area contributed by atoms with Crippen molar-refractivity contribution in [1.82, 2.24) is 14.9 Å². The van der Waals surface area contributed by atoms with Crippen LogP contribution in [0.15, 0.2) is 54.6 Å². The lowest BCUT2D eigenvalue weighted by atomic mass is 10.0. The zero-order valence-corrected chi connectivity index (χ0v) is 16.7. The molecule has 0 radical (unpaired) electrons. The van der Waals surface area contributed by atoms with Gasteiger partial charge in [0.1, 0.15) is 18.4 Å². The molecule has 2 aliphatic heterocycles. The number of nitrogens with two attached hydrogens (primary N) is 1. The van der Waals surface area contributed by atoms with E-state index in [2.05, 4.69) is 4.98 Å². The lowest BCUT2D eigenvalue weighted by Crippen LogP contribution is -2.57. The molecule has 3 aromatic rings. The first kappa shape index (κ1) is 19.2. The van der Waals surface area contributed by atoms with Crippen LogP contribution in [0, 0.1) is 0 Å². The molecule has 1 aromatic heterocycles. The van der Waals surface area contributed by atoms with E-state index in [1.54, 1.807) is 18.2 Å². The average molecular weight is 416 g/mol. The highest BCUT2D eigenvalue weighted by molar-refractivity contribution is 6.05. The quantitative estimate of drug-likeness (QED) is 0.397. The van der Waals surface area contributed by atoms with Crippen LogP contribution in [0.1, 0.15) is 34.5 Å². The maximum absolute atomic E-state index is 13.0. The van der Waals surface area contributed by atoms with Crippen LogP contribution in [0.5, 0.6) is 5.75 Å². The Balaban J connectivity index is 1.36. The van der Waals surface area contributed by atoms with Gasteiger partial charge < -0.3 is 9.64 Å². The van der Waals surface area contributed by atoms with Crippen molar-refractivity contribution in [3.05, 3.63) is 71.4 Å². The Bertz CT molecular complexity index is 1230. The number of imide groups is 1. The Labute approximate surface area is 178 Å². The predicted molar refractivity (Wildman–Crippen MR) is 111 cm³/mol. The van der Waals surface area contributed by atoms with Gasteiger partial charge in [-0.2, -0.15) is 0 Å². The number of hydrogen-bond donors (Lipinski definition) is 1. The van der Waals surface area contributed by atoms with Crippen molar-refractivity contribution in [2.45, 2.75) is 32.0 Å². The highest BCUT2D eigenvalue weighted by Crippen LogP contribution is 2.34. The smallest absolute Gasteiger partial charge is 0.266 e. The zero-order chi connectivity index (χ0) is 21.5. The van der Waals surface area contributed by atoms with Gasteiger partial charge in [0.05, 0.1) is 17.8 Å². The molecular formula is C23H20N4O4. The Morgan fingerprint density at radius 3 is 2.74 bits per heavy atom. The summed E-state index contributed by atoms with van der Waals surface area (Å²) in [5.41, 5.74) is 2.89. The fourth-order valence-corrected chi connectivity index (χ4v) is 4.13. The van der Waals surface area contributed by atoms with Gasteiger partial charge in [0.2, 0.25) is 5.91 Å². The van der Waals surface area contributed by atoms with Gasteiger partial charge in [0, 0.05) is 22.9 Å². The summed E-state index contributed by atoms with van der Waals surface area (Å²) in [4.78, 5) is 43.2. The molecule has 8 nitrogen and oxygen atoms in total. The van der Waals surface area contributed by atoms with Gasteiger partial charge in [-0.1, -0.05) is 30.3 Å². The monoisotopic (exact) mass is 416 g/mol. The normalized spacial score (nSPS) is 18.6. The number of rotatable bonds is 4. The lowest BCUT2D eigenvalue weighted by Gasteiger charge is -2.33. The Morgan fingerprint density at radius 1 is 1.03 bits per heavy atom. The van der Waals surface area contributed by atoms with Crippen molar-refractivity contribution < 1.29 is 19.1 Å². The van der Waals surface area contributed by atoms with Gasteiger partial charge in [-0.25, -0.2) is 15.8 Å². The predicted octanol–water partition coefficient (Wildman–Crippen LogP) is 2.16. The van der Waals surface area contributed by atoms with E-state index in [0.29, 0.717) is 16.3 Å². The summed E-state index contributed by atoms with van der Waals surface area (Å²) in [6, 6.07) is 16.3. The van der Waals surface area contributed by atoms with E-state index in [1.807, 2.05) is 36.4 Å². The molecule has 8 heteroatoms. The third-order valence-electron chi connectivity index (χ3n) is 5.78. The number of piperidine rings is 1. The maximum atomic E-state index is 13.0. The van der Waals surface area contributed by atoms with E-state index in [-0.39, 0.29) is 31.9 Å². The second kappa shape index (κ2) is 7.48. The first-order valence-electron chi connectivity index (χ1n) is 10.0. The van der Waals surface area contributed by atoms with Crippen molar-refractivity contribution in [3.8, 4) is 5.75 Å². The number of ether oxygens (including phenoxy) is 1. The summed E-state index contributed by atoms with van der Waals surface area (Å²) in [6.07, 6.45) is 0.395. The minimum atomic E-state index is -0.752. The molecule has 0 bridgehead atoms. The number of hydrogen-bond acceptors (Lipinski definition) is 6. The second-order valence-electron chi connectivity index (χ2n) is 7.66. The summed E-state index contributed by atoms with van der Waals surface area (Å²) < 4.78 is 6.02. The van der Waals surface area contributed by atoms with Crippen LogP contribution in [0.2, 0.25) is 0 Å². The zero-order valence-electron chi connectivity index (χ0n) is 16.7. The summed E-state index contributed by atoms with van der Waals surface area (Å²) in [5, 5.41) is 1.67. The maximum Gasteiger partial charge on any atom is 0.266 e. The molecule has 2 N–H and O–H groups in total. The SMILES string of the molecule is NN1C(=O)CCC(N2Cc3c(OCc4ccc5ccccc5n4)cccc3C2=O)C1=O. The standard InChI is InChI=1S/C23H20N4O4/c24-27-21(28)11-10-19(23(27)30)26-12-17-16(22(26)29)5-3-7-20(17)31-13-15-9-8-14-4-1-2-6-18(14)25-15/h1-9,19H,10-13,24H2.